The number of hydrogen-bond acceptors (Lipinski definition) is 6. The lowest BCUT2D eigenvalue weighted by atomic mass is 10.0. The number of H-pyrrole nitrogens is 2. The Labute approximate surface area is 220 Å². The Morgan fingerprint density at radius 2 is 1.71 bits per heavy atom. The molecule has 6 aromatic heterocycles. The molecular formula is C30H28N8. The average molecular weight is 501 g/mol. The molecule has 6 heterocycles. The van der Waals surface area contributed by atoms with Crippen LogP contribution in [0.4, 0.5) is 0 Å². The van der Waals surface area contributed by atoms with E-state index in [1.165, 1.54) is 31.2 Å². The Balaban J connectivity index is 1.20. The maximum absolute atomic E-state index is 4.67. The molecule has 1 aliphatic carbocycles. The second kappa shape index (κ2) is 9.79. The first-order valence-electron chi connectivity index (χ1n) is 13.2. The van der Waals surface area contributed by atoms with Crippen LogP contribution in [0, 0.1) is 5.92 Å². The molecule has 8 heteroatoms. The van der Waals surface area contributed by atoms with Crippen molar-refractivity contribution >= 4 is 21.9 Å². The van der Waals surface area contributed by atoms with Crippen LogP contribution in [-0.4, -0.2) is 41.7 Å². The van der Waals surface area contributed by atoms with Crippen LogP contribution < -0.4 is 5.32 Å². The summed E-state index contributed by atoms with van der Waals surface area (Å²) >= 11 is 0. The second-order valence-electron chi connectivity index (χ2n) is 10.1. The Morgan fingerprint density at radius 1 is 0.842 bits per heavy atom. The van der Waals surface area contributed by atoms with Gasteiger partial charge < -0.3 is 10.3 Å². The minimum atomic E-state index is 0.746. The number of rotatable bonds is 7. The van der Waals surface area contributed by atoms with E-state index in [9.17, 15) is 0 Å². The van der Waals surface area contributed by atoms with Gasteiger partial charge in [-0.15, -0.1) is 0 Å². The zero-order valence-corrected chi connectivity index (χ0v) is 21.0. The molecule has 0 amide bonds. The van der Waals surface area contributed by atoms with Gasteiger partial charge in [0.25, 0.3) is 0 Å². The summed E-state index contributed by atoms with van der Waals surface area (Å²) in [6.07, 6.45) is 18.5. The van der Waals surface area contributed by atoms with Crippen molar-refractivity contribution in [2.75, 3.05) is 6.54 Å². The van der Waals surface area contributed by atoms with Crippen molar-refractivity contribution in [3.05, 3.63) is 79.3 Å². The smallest absolute Gasteiger partial charge is 0.155 e. The van der Waals surface area contributed by atoms with Gasteiger partial charge in [0.05, 0.1) is 17.4 Å². The van der Waals surface area contributed by atoms with Crippen LogP contribution in [0.1, 0.15) is 31.2 Å². The SMILES string of the molecule is c1cncc(-c2cncc3[nH]c(-c4n[nH]c5ncc(-c6cncc(CNCC7CCCC7)c6)cc45)cc23)c1. The summed E-state index contributed by atoms with van der Waals surface area (Å²) in [5, 5.41) is 13.4. The van der Waals surface area contributed by atoms with Crippen LogP contribution in [-0.2, 0) is 6.54 Å². The molecule has 0 aliphatic heterocycles. The van der Waals surface area contributed by atoms with Gasteiger partial charge >= 0.3 is 0 Å². The van der Waals surface area contributed by atoms with E-state index in [0.29, 0.717) is 0 Å². The van der Waals surface area contributed by atoms with Crippen molar-refractivity contribution in [3.63, 3.8) is 0 Å². The number of nitrogens with one attached hydrogen (secondary N) is 3. The number of hydrogen-bond donors (Lipinski definition) is 3. The molecule has 8 nitrogen and oxygen atoms in total. The van der Waals surface area contributed by atoms with Crippen molar-refractivity contribution in [3.8, 4) is 33.6 Å². The molecule has 0 spiro atoms. The Hall–Kier alpha value is -4.43. The van der Waals surface area contributed by atoms with Crippen LogP contribution in [0.5, 0.6) is 0 Å². The highest BCUT2D eigenvalue weighted by atomic mass is 15.2. The van der Waals surface area contributed by atoms with E-state index in [2.05, 4.69) is 58.6 Å². The molecule has 0 radical (unpaired) electrons. The maximum Gasteiger partial charge on any atom is 0.155 e. The van der Waals surface area contributed by atoms with Crippen LogP contribution in [0.15, 0.2) is 73.7 Å². The van der Waals surface area contributed by atoms with E-state index in [0.717, 1.165) is 74.6 Å². The first-order chi connectivity index (χ1) is 18.8. The summed E-state index contributed by atoms with van der Waals surface area (Å²) in [7, 11) is 0. The maximum atomic E-state index is 4.67. The number of pyridine rings is 4. The molecule has 1 aliphatic rings. The summed E-state index contributed by atoms with van der Waals surface area (Å²) in [4.78, 5) is 21.4. The zero-order valence-electron chi connectivity index (χ0n) is 21.0. The summed E-state index contributed by atoms with van der Waals surface area (Å²) in [6.45, 7) is 1.91. The molecule has 1 saturated carbocycles. The van der Waals surface area contributed by atoms with Crippen molar-refractivity contribution in [2.24, 2.45) is 5.92 Å². The highest BCUT2D eigenvalue weighted by molar-refractivity contribution is 6.00. The third-order valence-corrected chi connectivity index (χ3v) is 7.55. The molecule has 7 rings (SSSR count). The molecule has 1 fully saturated rings. The molecule has 0 aromatic carbocycles. The van der Waals surface area contributed by atoms with Gasteiger partial charge in [-0.05, 0) is 55.1 Å². The lowest BCUT2D eigenvalue weighted by Gasteiger charge is -2.11. The van der Waals surface area contributed by atoms with Crippen LogP contribution in [0.3, 0.4) is 0 Å². The van der Waals surface area contributed by atoms with Crippen molar-refractivity contribution < 1.29 is 0 Å². The average Bonchev–Trinajstić information content (AvgIpc) is 3.73. The lowest BCUT2D eigenvalue weighted by Crippen LogP contribution is -2.20. The number of aromatic amines is 2. The van der Waals surface area contributed by atoms with Gasteiger partial charge in [0.2, 0.25) is 0 Å². The first kappa shape index (κ1) is 22.7. The van der Waals surface area contributed by atoms with E-state index in [1.807, 2.05) is 49.3 Å². The Bertz CT molecular complexity index is 1710. The van der Waals surface area contributed by atoms with Gasteiger partial charge in [-0.3, -0.25) is 20.1 Å². The van der Waals surface area contributed by atoms with E-state index in [1.54, 1.807) is 6.20 Å². The summed E-state index contributed by atoms with van der Waals surface area (Å²) < 4.78 is 0. The minimum absolute atomic E-state index is 0.746. The molecule has 6 aromatic rings. The minimum Gasteiger partial charge on any atom is -0.352 e. The van der Waals surface area contributed by atoms with Gasteiger partial charge in [-0.25, -0.2) is 4.98 Å². The van der Waals surface area contributed by atoms with Crippen molar-refractivity contribution in [2.45, 2.75) is 32.2 Å². The fourth-order valence-electron chi connectivity index (χ4n) is 5.57. The number of aromatic nitrogens is 7. The number of nitrogens with zero attached hydrogens (tertiary/aromatic N) is 5. The van der Waals surface area contributed by atoms with Crippen molar-refractivity contribution in [1.82, 2.24) is 40.4 Å². The first-order valence-corrected chi connectivity index (χ1v) is 13.2. The topological polar surface area (TPSA) is 108 Å². The fraction of sp³-hybridized carbons (Fsp3) is 0.233. The number of fused-ring (bicyclic) bond motifs is 2. The van der Waals surface area contributed by atoms with Gasteiger partial charge in [-0.1, -0.05) is 18.9 Å². The second-order valence-corrected chi connectivity index (χ2v) is 10.1. The highest BCUT2D eigenvalue weighted by Gasteiger charge is 2.16. The standard InChI is InChI=1S/C30H28N8/c1-2-5-19(4-1)11-32-12-20-8-22(15-33-13-20)23-9-25-29(37-38-30(25)35-16-23)27-10-24-26(17-34-18-28(24)36-27)21-6-3-7-31-14-21/h3,6-10,13-19,32,36H,1-2,4-5,11-12H2,(H,35,37,38). The van der Waals surface area contributed by atoms with E-state index in [-0.39, 0.29) is 0 Å². The van der Waals surface area contributed by atoms with Crippen LogP contribution in [0.25, 0.3) is 55.6 Å². The van der Waals surface area contributed by atoms with Crippen LogP contribution in [0.2, 0.25) is 0 Å². The summed E-state index contributed by atoms with van der Waals surface area (Å²) in [5.74, 6) is 0.818. The van der Waals surface area contributed by atoms with Gasteiger partial charge in [0.1, 0.15) is 5.69 Å². The molecule has 0 atom stereocenters. The van der Waals surface area contributed by atoms with Gasteiger partial charge in [-0.2, -0.15) is 5.10 Å². The predicted molar refractivity (Wildman–Crippen MR) is 149 cm³/mol. The largest absolute Gasteiger partial charge is 0.352 e. The van der Waals surface area contributed by atoms with Crippen LogP contribution >= 0.6 is 0 Å². The predicted octanol–water partition coefficient (Wildman–Crippen LogP) is 5.91. The summed E-state index contributed by atoms with van der Waals surface area (Å²) in [5.41, 5.74) is 8.72. The monoisotopic (exact) mass is 500 g/mol. The molecular weight excluding hydrogens is 472 g/mol. The molecule has 188 valence electrons. The third-order valence-electron chi connectivity index (χ3n) is 7.55. The van der Waals surface area contributed by atoms with Gasteiger partial charge in [0, 0.05) is 76.8 Å². The summed E-state index contributed by atoms with van der Waals surface area (Å²) in [6, 6.07) is 10.4. The molecule has 3 N–H and O–H groups in total. The highest BCUT2D eigenvalue weighted by Crippen LogP contribution is 2.34. The molecule has 0 bridgehead atoms. The molecule has 0 unspecified atom stereocenters. The van der Waals surface area contributed by atoms with E-state index >= 15 is 0 Å². The zero-order chi connectivity index (χ0) is 25.3. The normalized spacial score (nSPS) is 14.1. The third kappa shape index (κ3) is 4.33. The van der Waals surface area contributed by atoms with Crippen molar-refractivity contribution in [1.29, 1.82) is 0 Å². The van der Waals surface area contributed by atoms with E-state index < -0.39 is 0 Å². The van der Waals surface area contributed by atoms with E-state index in [4.69, 9.17) is 0 Å². The Morgan fingerprint density at radius 3 is 2.61 bits per heavy atom. The lowest BCUT2D eigenvalue weighted by molar-refractivity contribution is 0.489. The van der Waals surface area contributed by atoms with Gasteiger partial charge in [0.15, 0.2) is 5.65 Å². The molecule has 0 saturated heterocycles. The molecule has 38 heavy (non-hydrogen) atoms. The Kier molecular flexibility index (Phi) is 5.86. The quantitative estimate of drug-likeness (QED) is 0.252. The fourth-order valence-corrected chi connectivity index (χ4v) is 5.57.